The third-order valence-corrected chi connectivity index (χ3v) is 11.5. The van der Waals surface area contributed by atoms with E-state index in [1.807, 2.05) is 30.3 Å². The van der Waals surface area contributed by atoms with Gasteiger partial charge in [-0.15, -0.1) is 0 Å². The summed E-state index contributed by atoms with van der Waals surface area (Å²) < 4.78 is 43.6. The fraction of sp³-hybridized carbons (Fsp3) is 0. The monoisotopic (exact) mass is 769 g/mol. The van der Waals surface area contributed by atoms with Crippen LogP contribution < -0.4 is 4.90 Å². The van der Waals surface area contributed by atoms with Crippen molar-refractivity contribution in [3.8, 4) is 50.2 Å². The Balaban J connectivity index is 1.00. The lowest BCUT2D eigenvalue weighted by atomic mass is 9.98. The molecule has 1 aromatic heterocycles. The van der Waals surface area contributed by atoms with Gasteiger partial charge in [0.2, 0.25) is 0 Å². The molecule has 0 spiro atoms. The van der Waals surface area contributed by atoms with Gasteiger partial charge in [0.15, 0.2) is 0 Å². The van der Waals surface area contributed by atoms with Crippen LogP contribution in [-0.2, 0) is 0 Å². The van der Waals surface area contributed by atoms with E-state index >= 15 is 0 Å². The molecule has 1 heterocycles. The van der Waals surface area contributed by atoms with E-state index in [1.165, 1.54) is 21.5 Å². The number of nitrogens with zero attached hydrogens (tertiary/aromatic N) is 2. The number of rotatable bonds is 8. The zero-order valence-electron chi connectivity index (χ0n) is 37.6. The van der Waals surface area contributed by atoms with Crippen LogP contribution in [0.25, 0.3) is 82.8 Å². The van der Waals surface area contributed by atoms with Crippen molar-refractivity contribution >= 4 is 49.6 Å². The van der Waals surface area contributed by atoms with Crippen molar-refractivity contribution in [3.05, 3.63) is 243 Å². The van der Waals surface area contributed by atoms with Crippen molar-refractivity contribution in [2.24, 2.45) is 0 Å². The second-order valence-corrected chi connectivity index (χ2v) is 15.0. The molecule has 11 rings (SSSR count). The molecular formula is C58H40N2. The van der Waals surface area contributed by atoms with Crippen LogP contribution >= 0.6 is 0 Å². The fourth-order valence-corrected chi connectivity index (χ4v) is 8.57. The molecular weight excluding hydrogens is 725 g/mol. The predicted molar refractivity (Wildman–Crippen MR) is 255 cm³/mol. The molecule has 282 valence electrons. The summed E-state index contributed by atoms with van der Waals surface area (Å²) in [5.74, 6) is 0. The van der Waals surface area contributed by atoms with Crippen molar-refractivity contribution in [3.63, 3.8) is 0 Å². The van der Waals surface area contributed by atoms with Gasteiger partial charge in [0.25, 0.3) is 0 Å². The summed E-state index contributed by atoms with van der Waals surface area (Å²) in [6, 6.07) is 72.9. The van der Waals surface area contributed by atoms with Crippen LogP contribution in [0.1, 0.15) is 6.85 Å². The van der Waals surface area contributed by atoms with Crippen molar-refractivity contribution in [2.75, 3.05) is 4.90 Å². The average Bonchev–Trinajstić information content (AvgIpc) is 3.71. The fourth-order valence-electron chi connectivity index (χ4n) is 8.57. The quantitative estimate of drug-likeness (QED) is 0.149. The molecule has 0 radical (unpaired) electrons. The van der Waals surface area contributed by atoms with Crippen LogP contribution in [0.3, 0.4) is 0 Å². The van der Waals surface area contributed by atoms with Crippen LogP contribution in [0.15, 0.2) is 243 Å². The Bertz CT molecular complexity index is 3550. The number of anilines is 3. The highest BCUT2D eigenvalue weighted by Crippen LogP contribution is 2.42. The van der Waals surface area contributed by atoms with E-state index < -0.39 is 6.04 Å². The molecule has 0 aliphatic rings. The zero-order chi connectivity index (χ0) is 44.2. The summed E-state index contributed by atoms with van der Waals surface area (Å²) in [5.41, 5.74) is 13.7. The van der Waals surface area contributed by atoms with Crippen LogP contribution in [-0.4, -0.2) is 4.57 Å². The van der Waals surface area contributed by atoms with E-state index in [4.69, 9.17) is 6.85 Å². The summed E-state index contributed by atoms with van der Waals surface area (Å²) in [7, 11) is 0. The SMILES string of the molecule is [2H]c1c([2H])c([2H])c(-c2ccc(-c3ccc(N(c4ccc(-c5ccccc5)cc4)c4cccc(-c5cccc6c5c5ccccc5n6-c5ccc6ccccc6c5)c4)cc3)cc2)c([2H])c1[2H]. The Morgan fingerprint density at radius 2 is 0.900 bits per heavy atom. The second kappa shape index (κ2) is 15.1. The largest absolute Gasteiger partial charge is 0.310 e. The first-order valence-electron chi connectivity index (χ1n) is 22.7. The van der Waals surface area contributed by atoms with Gasteiger partial charge in [-0.3, -0.25) is 0 Å². The van der Waals surface area contributed by atoms with Gasteiger partial charge in [0, 0.05) is 33.5 Å². The molecule has 0 atom stereocenters. The maximum absolute atomic E-state index is 8.46. The molecule has 10 aromatic carbocycles. The van der Waals surface area contributed by atoms with Gasteiger partial charge >= 0.3 is 0 Å². The lowest BCUT2D eigenvalue weighted by molar-refractivity contribution is 1.19. The highest BCUT2D eigenvalue weighted by Gasteiger charge is 2.19. The first kappa shape index (κ1) is 30.2. The number of fused-ring (bicyclic) bond motifs is 4. The second-order valence-electron chi connectivity index (χ2n) is 15.0. The van der Waals surface area contributed by atoms with Crippen molar-refractivity contribution < 1.29 is 6.85 Å². The lowest BCUT2D eigenvalue weighted by Gasteiger charge is -2.26. The molecule has 0 aliphatic heterocycles. The van der Waals surface area contributed by atoms with Crippen molar-refractivity contribution in [2.45, 2.75) is 0 Å². The molecule has 0 amide bonds. The van der Waals surface area contributed by atoms with Gasteiger partial charge in [-0.05, 0) is 116 Å². The Morgan fingerprint density at radius 3 is 1.62 bits per heavy atom. The Labute approximate surface area is 357 Å². The highest BCUT2D eigenvalue weighted by atomic mass is 15.1. The Morgan fingerprint density at radius 1 is 0.350 bits per heavy atom. The molecule has 0 saturated heterocycles. The van der Waals surface area contributed by atoms with Gasteiger partial charge in [-0.2, -0.15) is 0 Å². The number of aromatic nitrogens is 1. The van der Waals surface area contributed by atoms with Crippen molar-refractivity contribution in [1.82, 2.24) is 4.57 Å². The highest BCUT2D eigenvalue weighted by molar-refractivity contribution is 6.16. The van der Waals surface area contributed by atoms with Crippen molar-refractivity contribution in [1.29, 1.82) is 0 Å². The molecule has 11 aromatic rings. The zero-order valence-corrected chi connectivity index (χ0v) is 32.6. The summed E-state index contributed by atoms with van der Waals surface area (Å²) in [6.07, 6.45) is 0. The van der Waals surface area contributed by atoms with Crippen LogP contribution in [0.2, 0.25) is 0 Å². The van der Waals surface area contributed by atoms with Crippen LogP contribution in [0, 0.1) is 0 Å². The van der Waals surface area contributed by atoms with E-state index in [0.717, 1.165) is 67.2 Å². The smallest absolute Gasteiger partial charge is 0.0629 e. The van der Waals surface area contributed by atoms with Gasteiger partial charge in [-0.25, -0.2) is 0 Å². The molecule has 0 bridgehead atoms. The molecule has 2 heteroatoms. The minimum absolute atomic E-state index is 0.195. The lowest BCUT2D eigenvalue weighted by Crippen LogP contribution is -2.10. The molecule has 0 aliphatic carbocycles. The van der Waals surface area contributed by atoms with E-state index in [2.05, 4.69) is 191 Å². The normalized spacial score (nSPS) is 12.5. The van der Waals surface area contributed by atoms with E-state index in [9.17, 15) is 0 Å². The summed E-state index contributed by atoms with van der Waals surface area (Å²) in [5, 5.41) is 4.82. The number of hydrogen-bond donors (Lipinski definition) is 0. The maximum atomic E-state index is 8.46. The van der Waals surface area contributed by atoms with E-state index in [0.29, 0.717) is 5.56 Å². The van der Waals surface area contributed by atoms with E-state index in [-0.39, 0.29) is 29.7 Å². The summed E-state index contributed by atoms with van der Waals surface area (Å²) in [6.45, 7) is 0. The summed E-state index contributed by atoms with van der Waals surface area (Å²) >= 11 is 0. The van der Waals surface area contributed by atoms with Gasteiger partial charge in [-0.1, -0.05) is 182 Å². The topological polar surface area (TPSA) is 8.17 Å². The third-order valence-electron chi connectivity index (χ3n) is 11.5. The minimum atomic E-state index is -0.396. The van der Waals surface area contributed by atoms with Gasteiger partial charge in [0.05, 0.1) is 17.9 Å². The number of para-hydroxylation sites is 1. The Hall–Kier alpha value is -7.94. The maximum Gasteiger partial charge on any atom is 0.0629 e. The predicted octanol–water partition coefficient (Wildman–Crippen LogP) is 16.1. The van der Waals surface area contributed by atoms with Gasteiger partial charge in [0.1, 0.15) is 0 Å². The summed E-state index contributed by atoms with van der Waals surface area (Å²) in [4.78, 5) is 2.29. The van der Waals surface area contributed by atoms with Crippen LogP contribution in [0.5, 0.6) is 0 Å². The molecule has 2 nitrogen and oxygen atoms in total. The minimum Gasteiger partial charge on any atom is -0.310 e. The average molecular weight is 770 g/mol. The third kappa shape index (κ3) is 6.41. The van der Waals surface area contributed by atoms with Crippen LogP contribution in [0.4, 0.5) is 17.1 Å². The molecule has 0 N–H and O–H groups in total. The molecule has 0 saturated carbocycles. The number of hydrogen-bond acceptors (Lipinski definition) is 1. The Kier molecular flexibility index (Phi) is 7.59. The molecule has 60 heavy (non-hydrogen) atoms. The first-order chi connectivity index (χ1) is 31.8. The molecule has 0 unspecified atom stereocenters. The first-order valence-corrected chi connectivity index (χ1v) is 20.2. The number of benzene rings is 10. The molecule has 0 fully saturated rings. The van der Waals surface area contributed by atoms with Gasteiger partial charge < -0.3 is 9.47 Å². The van der Waals surface area contributed by atoms with E-state index in [1.54, 1.807) is 0 Å². The standard InChI is InChI=1S/C58H40N2/c1-3-13-41(14-4-1)44-25-27-45(28-26-44)47-31-36-51(37-32-47)59(50-34-29-46(30-35-50)42-15-5-2-6-16-42)52-20-11-19-49(40-52)54-22-12-24-57-58(54)55-21-9-10-23-56(55)60(57)53-38-33-43-17-7-8-18-48(43)39-53/h1-40H/i1D,3D,4D,13D,14D.